The first-order valence-corrected chi connectivity index (χ1v) is 8.41. The topological polar surface area (TPSA) is 87.8 Å². The number of nitrogens with zero attached hydrogens (tertiary/aromatic N) is 3. The van der Waals surface area contributed by atoms with E-state index < -0.39 is 4.92 Å². The van der Waals surface area contributed by atoms with Crippen LogP contribution in [0, 0.1) is 10.1 Å². The Morgan fingerprint density at radius 2 is 2.00 bits per heavy atom. The van der Waals surface area contributed by atoms with Gasteiger partial charge in [0.15, 0.2) is 0 Å². The molecule has 1 N–H and O–H groups in total. The maximum absolute atomic E-state index is 11.8. The van der Waals surface area contributed by atoms with Crippen LogP contribution < -0.4 is 10.3 Å². The van der Waals surface area contributed by atoms with Crippen molar-refractivity contribution in [3.63, 3.8) is 0 Å². The lowest BCUT2D eigenvalue weighted by molar-refractivity contribution is -0.384. The Morgan fingerprint density at radius 3 is 2.64 bits per heavy atom. The average molecular weight is 358 g/mol. The summed E-state index contributed by atoms with van der Waals surface area (Å²) >= 11 is 1.41. The maximum atomic E-state index is 11.8. The second kappa shape index (κ2) is 8.84. The minimum Gasteiger partial charge on any atom is -0.377 e. The first-order valence-electron chi connectivity index (χ1n) is 7.43. The molecule has 0 saturated heterocycles. The van der Waals surface area contributed by atoms with Crippen molar-refractivity contribution in [2.75, 3.05) is 24.7 Å². The fourth-order valence-electron chi connectivity index (χ4n) is 2.04. The molecule has 0 radical (unpaired) electrons. The first-order chi connectivity index (χ1) is 12.0. The summed E-state index contributed by atoms with van der Waals surface area (Å²) in [4.78, 5) is 25.1. The van der Waals surface area contributed by atoms with E-state index in [1.54, 1.807) is 6.07 Å². The Labute approximate surface area is 149 Å². The van der Waals surface area contributed by atoms with Gasteiger partial charge in [-0.1, -0.05) is 18.2 Å². The highest BCUT2D eigenvalue weighted by molar-refractivity contribution is 8.00. The van der Waals surface area contributed by atoms with Crippen molar-refractivity contribution in [1.29, 1.82) is 0 Å². The highest BCUT2D eigenvalue weighted by atomic mass is 32.2. The van der Waals surface area contributed by atoms with Crippen molar-refractivity contribution >= 4 is 35.3 Å². The van der Waals surface area contributed by atoms with E-state index in [2.05, 4.69) is 10.5 Å². The lowest BCUT2D eigenvalue weighted by Crippen LogP contribution is -2.20. The summed E-state index contributed by atoms with van der Waals surface area (Å²) in [7, 11) is 3.65. The van der Waals surface area contributed by atoms with Gasteiger partial charge in [-0.2, -0.15) is 5.10 Å². The number of nitrogens with one attached hydrogen (secondary N) is 1. The molecule has 2 aromatic carbocycles. The molecule has 0 heterocycles. The Hall–Kier alpha value is -2.87. The highest BCUT2D eigenvalue weighted by Gasteiger charge is 2.11. The summed E-state index contributed by atoms with van der Waals surface area (Å²) in [6, 6.07) is 14.1. The highest BCUT2D eigenvalue weighted by Crippen LogP contribution is 2.22. The summed E-state index contributed by atoms with van der Waals surface area (Å²) in [5.74, 6) is -0.0152. The normalized spacial score (nSPS) is 10.6. The largest absolute Gasteiger partial charge is 0.377 e. The van der Waals surface area contributed by atoms with Crippen LogP contribution in [-0.2, 0) is 4.79 Å². The number of nitro groups is 1. The number of hydrogen-bond donors (Lipinski definition) is 1. The van der Waals surface area contributed by atoms with Crippen LogP contribution in [0.1, 0.15) is 5.56 Å². The molecule has 0 saturated carbocycles. The summed E-state index contributed by atoms with van der Waals surface area (Å²) in [6.07, 6.45) is 1.41. The Balaban J connectivity index is 1.99. The van der Waals surface area contributed by atoms with Crippen molar-refractivity contribution in [3.8, 4) is 0 Å². The zero-order chi connectivity index (χ0) is 18.2. The zero-order valence-corrected chi connectivity index (χ0v) is 14.7. The number of rotatable bonds is 7. The van der Waals surface area contributed by atoms with Gasteiger partial charge in [-0.15, -0.1) is 11.8 Å². The SMILES string of the molecule is CN(C)c1ccc([N+](=O)[O-])cc1/C=N\NC(=O)CSc1ccccc1. The fraction of sp³-hybridized carbons (Fsp3) is 0.176. The number of hydrazone groups is 1. The van der Waals surface area contributed by atoms with Crippen LogP contribution >= 0.6 is 11.8 Å². The van der Waals surface area contributed by atoms with Crippen molar-refractivity contribution < 1.29 is 9.72 Å². The molecule has 0 aliphatic carbocycles. The van der Waals surface area contributed by atoms with E-state index in [1.165, 1.54) is 30.1 Å². The summed E-state index contributed by atoms with van der Waals surface area (Å²) in [6.45, 7) is 0. The molecule has 0 unspecified atom stereocenters. The van der Waals surface area contributed by atoms with Gasteiger partial charge in [0.25, 0.3) is 5.69 Å². The number of carbonyl (C=O) groups is 1. The molecule has 8 heteroatoms. The monoisotopic (exact) mass is 358 g/mol. The Morgan fingerprint density at radius 1 is 1.28 bits per heavy atom. The molecule has 0 fully saturated rings. The minimum absolute atomic E-state index is 0.0296. The van der Waals surface area contributed by atoms with Crippen LogP contribution in [0.4, 0.5) is 11.4 Å². The van der Waals surface area contributed by atoms with Crippen LogP contribution in [-0.4, -0.2) is 36.9 Å². The molecule has 0 aliphatic heterocycles. The van der Waals surface area contributed by atoms with Gasteiger partial charge in [0.1, 0.15) is 0 Å². The van der Waals surface area contributed by atoms with E-state index in [1.807, 2.05) is 49.3 Å². The predicted molar refractivity (Wildman–Crippen MR) is 100 cm³/mol. The van der Waals surface area contributed by atoms with E-state index in [4.69, 9.17) is 0 Å². The van der Waals surface area contributed by atoms with Crippen LogP contribution in [0.25, 0.3) is 0 Å². The van der Waals surface area contributed by atoms with Crippen LogP contribution in [0.5, 0.6) is 0 Å². The number of thioether (sulfide) groups is 1. The Bertz CT molecular complexity index is 779. The second-order valence-electron chi connectivity index (χ2n) is 5.29. The minimum atomic E-state index is -0.466. The molecule has 2 rings (SSSR count). The number of amides is 1. The second-order valence-corrected chi connectivity index (χ2v) is 6.34. The van der Waals surface area contributed by atoms with E-state index in [0.29, 0.717) is 5.56 Å². The van der Waals surface area contributed by atoms with Gasteiger partial charge in [-0.25, -0.2) is 5.43 Å². The molecule has 0 spiro atoms. The van der Waals surface area contributed by atoms with Crippen molar-refractivity contribution in [3.05, 3.63) is 64.2 Å². The number of benzene rings is 2. The number of hydrogen-bond acceptors (Lipinski definition) is 6. The molecule has 7 nitrogen and oxygen atoms in total. The molecule has 2 aromatic rings. The van der Waals surface area contributed by atoms with Crippen molar-refractivity contribution in [1.82, 2.24) is 5.43 Å². The van der Waals surface area contributed by atoms with Gasteiger partial charge in [-0.3, -0.25) is 14.9 Å². The van der Waals surface area contributed by atoms with Crippen molar-refractivity contribution in [2.24, 2.45) is 5.10 Å². The lowest BCUT2D eigenvalue weighted by Gasteiger charge is -2.14. The fourth-order valence-corrected chi connectivity index (χ4v) is 2.75. The summed E-state index contributed by atoms with van der Waals surface area (Å²) < 4.78 is 0. The third-order valence-electron chi connectivity index (χ3n) is 3.21. The van der Waals surface area contributed by atoms with E-state index in [-0.39, 0.29) is 17.3 Å². The predicted octanol–water partition coefficient (Wildman–Crippen LogP) is 2.90. The molecule has 1 amide bonds. The molecule has 0 aliphatic rings. The Kier molecular flexibility index (Phi) is 6.53. The quantitative estimate of drug-likeness (QED) is 0.356. The summed E-state index contributed by atoms with van der Waals surface area (Å²) in [5.41, 5.74) is 3.73. The van der Waals surface area contributed by atoms with Crippen LogP contribution in [0.15, 0.2) is 58.5 Å². The maximum Gasteiger partial charge on any atom is 0.270 e. The molecule has 25 heavy (non-hydrogen) atoms. The third-order valence-corrected chi connectivity index (χ3v) is 4.22. The van der Waals surface area contributed by atoms with Gasteiger partial charge in [0.2, 0.25) is 5.91 Å². The smallest absolute Gasteiger partial charge is 0.270 e. The van der Waals surface area contributed by atoms with Crippen LogP contribution in [0.3, 0.4) is 0 Å². The zero-order valence-electron chi connectivity index (χ0n) is 13.9. The standard InChI is InChI=1S/C17H18N4O3S/c1-20(2)16-9-8-14(21(23)24)10-13(16)11-18-19-17(22)12-25-15-6-4-3-5-7-15/h3-11H,12H2,1-2H3,(H,19,22)/b18-11-. The molecule has 130 valence electrons. The van der Waals surface area contributed by atoms with Gasteiger partial charge in [0.05, 0.1) is 16.9 Å². The first kappa shape index (κ1) is 18.5. The average Bonchev–Trinajstić information content (AvgIpc) is 2.60. The molecule has 0 bridgehead atoms. The van der Waals surface area contributed by atoms with Gasteiger partial charge >= 0.3 is 0 Å². The van der Waals surface area contributed by atoms with Gasteiger partial charge in [-0.05, 0) is 18.2 Å². The summed E-state index contributed by atoms with van der Waals surface area (Å²) in [5, 5.41) is 14.8. The van der Waals surface area contributed by atoms with E-state index in [9.17, 15) is 14.9 Å². The third kappa shape index (κ3) is 5.61. The van der Waals surface area contributed by atoms with Gasteiger partial charge < -0.3 is 4.90 Å². The molecule has 0 atom stereocenters. The number of anilines is 1. The molecular weight excluding hydrogens is 340 g/mol. The van der Waals surface area contributed by atoms with E-state index in [0.717, 1.165) is 10.6 Å². The van der Waals surface area contributed by atoms with Gasteiger partial charge in [0, 0.05) is 42.4 Å². The number of carbonyl (C=O) groups excluding carboxylic acids is 1. The number of non-ortho nitro benzene ring substituents is 1. The number of nitro benzene ring substituents is 1. The molecular formula is C17H18N4O3S. The van der Waals surface area contributed by atoms with E-state index >= 15 is 0 Å². The molecule has 0 aromatic heterocycles. The van der Waals surface area contributed by atoms with Crippen LogP contribution in [0.2, 0.25) is 0 Å². The van der Waals surface area contributed by atoms with Crippen molar-refractivity contribution in [2.45, 2.75) is 4.90 Å². The lowest BCUT2D eigenvalue weighted by atomic mass is 10.1.